The van der Waals surface area contributed by atoms with Gasteiger partial charge in [-0.15, -0.1) is 0 Å². The normalized spacial score (nSPS) is 11.5. The highest BCUT2D eigenvalue weighted by molar-refractivity contribution is 6.33. The summed E-state index contributed by atoms with van der Waals surface area (Å²) in [5.41, 5.74) is 1.55. The van der Waals surface area contributed by atoms with E-state index in [9.17, 15) is 19.5 Å². The number of amides is 3. The van der Waals surface area contributed by atoms with E-state index in [1.54, 1.807) is 60.7 Å². The second kappa shape index (κ2) is 10.7. The predicted octanol–water partition coefficient (Wildman–Crippen LogP) is 5.56. The summed E-state index contributed by atoms with van der Waals surface area (Å²) in [4.78, 5) is 37.8. The molecular formula is C27H22ClN3O4. The van der Waals surface area contributed by atoms with Gasteiger partial charge in [0.15, 0.2) is 0 Å². The molecule has 8 heteroatoms. The molecule has 0 saturated heterocycles. The van der Waals surface area contributed by atoms with Crippen molar-refractivity contribution in [3.8, 4) is 0 Å². The molecule has 4 rings (SSSR count). The Balaban J connectivity index is 1.61. The molecule has 0 radical (unpaired) electrons. The van der Waals surface area contributed by atoms with E-state index in [0.29, 0.717) is 10.7 Å². The zero-order valence-corrected chi connectivity index (χ0v) is 19.3. The monoisotopic (exact) mass is 487 g/mol. The van der Waals surface area contributed by atoms with Crippen LogP contribution in [0.3, 0.4) is 0 Å². The molecule has 0 unspecified atom stereocenters. The third kappa shape index (κ3) is 5.96. The van der Waals surface area contributed by atoms with Crippen LogP contribution in [0.1, 0.15) is 15.9 Å². The Morgan fingerprint density at radius 1 is 0.771 bits per heavy atom. The Hall–Kier alpha value is -4.36. The lowest BCUT2D eigenvalue weighted by molar-refractivity contribution is -0.139. The first-order valence-corrected chi connectivity index (χ1v) is 11.2. The average Bonchev–Trinajstić information content (AvgIpc) is 2.85. The van der Waals surface area contributed by atoms with Crippen LogP contribution in [0.4, 0.5) is 16.2 Å². The van der Waals surface area contributed by atoms with E-state index in [2.05, 4.69) is 16.0 Å². The van der Waals surface area contributed by atoms with Crippen LogP contribution in [0.15, 0.2) is 91.0 Å². The Kier molecular flexibility index (Phi) is 7.28. The maximum absolute atomic E-state index is 13.2. The van der Waals surface area contributed by atoms with Crippen molar-refractivity contribution in [3.05, 3.63) is 107 Å². The zero-order valence-electron chi connectivity index (χ0n) is 18.5. The number of hydrogen-bond acceptors (Lipinski definition) is 3. The highest BCUT2D eigenvalue weighted by Gasteiger charge is 2.23. The van der Waals surface area contributed by atoms with Crippen molar-refractivity contribution < 1.29 is 19.5 Å². The van der Waals surface area contributed by atoms with E-state index < -0.39 is 23.9 Å². The standard InChI is InChI=1S/C27H22ClN3O4/c28-21-12-6-7-13-22(21)30-27(35)31-23-16-19-11-5-4-10-18(19)15-20(23)25(32)29-24(26(33)34)14-17-8-2-1-3-9-17/h1-13,15-16,24H,14H2,(H,29,32)(H,33,34)(H2,30,31,35)/t24-/m0/s1. The van der Waals surface area contributed by atoms with E-state index in [1.165, 1.54) is 0 Å². The number of carbonyl (C=O) groups is 3. The number of carboxylic acid groups (broad SMARTS) is 1. The van der Waals surface area contributed by atoms with Crippen LogP contribution >= 0.6 is 11.6 Å². The molecule has 0 bridgehead atoms. The number of nitrogens with one attached hydrogen (secondary N) is 3. The highest BCUT2D eigenvalue weighted by atomic mass is 35.5. The number of hydrogen-bond donors (Lipinski definition) is 4. The van der Waals surface area contributed by atoms with Crippen molar-refractivity contribution in [2.45, 2.75) is 12.5 Å². The van der Waals surface area contributed by atoms with E-state index in [-0.39, 0.29) is 17.7 Å². The summed E-state index contributed by atoms with van der Waals surface area (Å²) >= 11 is 6.12. The molecule has 4 aromatic carbocycles. The summed E-state index contributed by atoms with van der Waals surface area (Å²) in [6, 6.07) is 24.7. The Bertz CT molecular complexity index is 1390. The number of urea groups is 1. The van der Waals surface area contributed by atoms with Crippen LogP contribution < -0.4 is 16.0 Å². The van der Waals surface area contributed by atoms with Gasteiger partial charge in [-0.1, -0.05) is 78.3 Å². The molecule has 0 spiro atoms. The van der Waals surface area contributed by atoms with E-state index in [0.717, 1.165) is 16.3 Å². The minimum Gasteiger partial charge on any atom is -0.480 e. The van der Waals surface area contributed by atoms with Gasteiger partial charge in [0.1, 0.15) is 6.04 Å². The fourth-order valence-electron chi connectivity index (χ4n) is 3.66. The SMILES string of the molecule is O=C(Nc1ccccc1Cl)Nc1cc2ccccc2cc1C(=O)N[C@@H](Cc1ccccc1)C(=O)O. The van der Waals surface area contributed by atoms with Crippen molar-refractivity contribution in [2.24, 2.45) is 0 Å². The van der Waals surface area contributed by atoms with Crippen molar-refractivity contribution in [1.29, 1.82) is 0 Å². The van der Waals surface area contributed by atoms with Gasteiger partial charge in [-0.3, -0.25) is 4.79 Å². The number of benzene rings is 4. The molecule has 0 fully saturated rings. The molecule has 4 aromatic rings. The van der Waals surface area contributed by atoms with E-state index in [4.69, 9.17) is 11.6 Å². The van der Waals surface area contributed by atoms with Crippen molar-refractivity contribution in [3.63, 3.8) is 0 Å². The first kappa shape index (κ1) is 23.8. The van der Waals surface area contributed by atoms with Gasteiger partial charge in [-0.2, -0.15) is 0 Å². The van der Waals surface area contributed by atoms with Gasteiger partial charge in [-0.25, -0.2) is 9.59 Å². The first-order chi connectivity index (χ1) is 16.9. The molecule has 7 nitrogen and oxygen atoms in total. The number of carboxylic acids is 1. The van der Waals surface area contributed by atoms with Crippen LogP contribution in [0.5, 0.6) is 0 Å². The third-order valence-corrected chi connectivity index (χ3v) is 5.72. The Morgan fingerprint density at radius 3 is 2.06 bits per heavy atom. The summed E-state index contributed by atoms with van der Waals surface area (Å²) in [5, 5.41) is 19.6. The van der Waals surface area contributed by atoms with Crippen molar-refractivity contribution in [2.75, 3.05) is 10.6 Å². The number of carbonyl (C=O) groups excluding carboxylic acids is 2. The van der Waals surface area contributed by atoms with E-state index >= 15 is 0 Å². The van der Waals surface area contributed by atoms with Gasteiger partial charge in [0, 0.05) is 6.42 Å². The molecule has 35 heavy (non-hydrogen) atoms. The quantitative estimate of drug-likeness (QED) is 0.273. The molecule has 0 aliphatic carbocycles. The molecule has 0 heterocycles. The maximum atomic E-state index is 13.2. The second-order valence-corrected chi connectivity index (χ2v) is 8.27. The third-order valence-electron chi connectivity index (χ3n) is 5.39. The van der Waals surface area contributed by atoms with Crippen molar-refractivity contribution in [1.82, 2.24) is 5.32 Å². The summed E-state index contributed by atoms with van der Waals surface area (Å²) < 4.78 is 0. The summed E-state index contributed by atoms with van der Waals surface area (Å²) in [6.07, 6.45) is 0.116. The Morgan fingerprint density at radius 2 is 1.37 bits per heavy atom. The molecule has 176 valence electrons. The fraction of sp³-hybridized carbons (Fsp3) is 0.0741. The molecule has 0 aliphatic rings. The fourth-order valence-corrected chi connectivity index (χ4v) is 3.84. The number of halogens is 1. The lowest BCUT2D eigenvalue weighted by atomic mass is 10.0. The minimum absolute atomic E-state index is 0.116. The van der Waals surface area contributed by atoms with Crippen LogP contribution in [0.25, 0.3) is 10.8 Å². The Labute approximate surface area is 206 Å². The number of fused-ring (bicyclic) bond motifs is 1. The lowest BCUT2D eigenvalue weighted by Crippen LogP contribution is -2.42. The van der Waals surface area contributed by atoms with E-state index in [1.807, 2.05) is 30.3 Å². The first-order valence-electron chi connectivity index (χ1n) is 10.8. The topological polar surface area (TPSA) is 108 Å². The van der Waals surface area contributed by atoms with Gasteiger partial charge >= 0.3 is 12.0 Å². The van der Waals surface area contributed by atoms with Crippen LogP contribution in [0.2, 0.25) is 5.02 Å². The highest BCUT2D eigenvalue weighted by Crippen LogP contribution is 2.26. The summed E-state index contributed by atoms with van der Waals surface area (Å²) in [7, 11) is 0. The maximum Gasteiger partial charge on any atom is 0.326 e. The van der Waals surface area contributed by atoms with Crippen molar-refractivity contribution >= 4 is 51.7 Å². The van der Waals surface area contributed by atoms with Gasteiger partial charge < -0.3 is 21.1 Å². The lowest BCUT2D eigenvalue weighted by Gasteiger charge is -2.18. The number of aliphatic carboxylic acids is 1. The van der Waals surface area contributed by atoms with Crippen LogP contribution in [0, 0.1) is 0 Å². The largest absolute Gasteiger partial charge is 0.480 e. The zero-order chi connectivity index (χ0) is 24.8. The smallest absolute Gasteiger partial charge is 0.326 e. The average molecular weight is 488 g/mol. The second-order valence-electron chi connectivity index (χ2n) is 7.86. The summed E-state index contributed by atoms with van der Waals surface area (Å²) in [6.45, 7) is 0. The van der Waals surface area contributed by atoms with Crippen LogP contribution in [-0.4, -0.2) is 29.1 Å². The molecule has 0 aromatic heterocycles. The number of anilines is 2. The molecule has 0 aliphatic heterocycles. The molecule has 3 amide bonds. The minimum atomic E-state index is -1.16. The van der Waals surface area contributed by atoms with Gasteiger partial charge in [0.05, 0.1) is 22.0 Å². The molecule has 4 N–H and O–H groups in total. The summed E-state index contributed by atoms with van der Waals surface area (Å²) in [5.74, 6) is -1.78. The van der Waals surface area contributed by atoms with Crippen LogP contribution in [-0.2, 0) is 11.2 Å². The predicted molar refractivity (Wildman–Crippen MR) is 137 cm³/mol. The number of para-hydroxylation sites is 1. The van der Waals surface area contributed by atoms with Gasteiger partial charge in [0.25, 0.3) is 5.91 Å². The van der Waals surface area contributed by atoms with Gasteiger partial charge in [-0.05, 0) is 40.6 Å². The molecular weight excluding hydrogens is 466 g/mol. The molecule has 1 atom stereocenters. The number of rotatable bonds is 7. The molecule has 0 saturated carbocycles. The van der Waals surface area contributed by atoms with Gasteiger partial charge in [0.2, 0.25) is 0 Å².